The average molecular weight is 358 g/mol. The van der Waals surface area contributed by atoms with Crippen LogP contribution in [0.5, 0.6) is 0 Å². The molecule has 1 N–H and O–H groups in total. The van der Waals surface area contributed by atoms with Crippen LogP contribution in [0, 0.1) is 11.3 Å². The molecule has 1 aromatic carbocycles. The topological polar surface area (TPSA) is 86.1 Å². The van der Waals surface area contributed by atoms with Gasteiger partial charge >= 0.3 is 0 Å². The number of halogens is 1. The van der Waals surface area contributed by atoms with Crippen LogP contribution in [0.1, 0.15) is 23.2 Å². The summed E-state index contributed by atoms with van der Waals surface area (Å²) < 4.78 is 12.8. The molecule has 2 amide bonds. The van der Waals surface area contributed by atoms with Crippen molar-refractivity contribution in [1.29, 1.82) is 5.26 Å². The van der Waals surface area contributed by atoms with Gasteiger partial charge in [0.1, 0.15) is 6.04 Å². The Morgan fingerprint density at radius 3 is 3.04 bits per heavy atom. The number of pyridine rings is 1. The van der Waals surface area contributed by atoms with E-state index in [4.69, 9.17) is 5.26 Å². The van der Waals surface area contributed by atoms with E-state index in [1.54, 1.807) is 18.2 Å². The highest BCUT2D eigenvalue weighted by molar-refractivity contribution is 7.94. The number of benzene rings is 1. The van der Waals surface area contributed by atoms with Crippen LogP contribution in [0.4, 0.5) is 3.89 Å². The third kappa shape index (κ3) is 3.56. The van der Waals surface area contributed by atoms with Gasteiger partial charge in [-0.05, 0) is 37.1 Å². The van der Waals surface area contributed by atoms with Crippen molar-refractivity contribution in [2.24, 2.45) is 0 Å². The van der Waals surface area contributed by atoms with E-state index in [1.165, 1.54) is 17.2 Å². The van der Waals surface area contributed by atoms with Gasteiger partial charge in [0.25, 0.3) is 5.91 Å². The predicted molar refractivity (Wildman–Crippen MR) is 91.4 cm³/mol. The first-order valence-electron chi connectivity index (χ1n) is 7.78. The molecule has 1 aromatic heterocycles. The third-order valence-electron chi connectivity index (χ3n) is 4.17. The quantitative estimate of drug-likeness (QED) is 0.907. The minimum absolute atomic E-state index is 0.0909. The van der Waals surface area contributed by atoms with Crippen molar-refractivity contribution in [3.8, 4) is 6.07 Å². The van der Waals surface area contributed by atoms with E-state index in [2.05, 4.69) is 16.4 Å². The molecule has 0 radical (unpaired) electrons. The van der Waals surface area contributed by atoms with Crippen LogP contribution in [0.3, 0.4) is 0 Å². The Hall–Kier alpha value is -2.66. The van der Waals surface area contributed by atoms with Gasteiger partial charge in [-0.25, -0.2) is 0 Å². The predicted octanol–water partition coefficient (Wildman–Crippen LogP) is 2.46. The average Bonchev–Trinajstić information content (AvgIpc) is 3.13. The first-order chi connectivity index (χ1) is 12.1. The lowest BCUT2D eigenvalue weighted by atomic mass is 10.1. The Morgan fingerprint density at radius 2 is 2.28 bits per heavy atom. The number of rotatable bonds is 4. The molecule has 0 saturated carbocycles. The van der Waals surface area contributed by atoms with E-state index in [-0.39, 0.29) is 24.6 Å². The second-order valence-electron chi connectivity index (χ2n) is 5.67. The molecule has 3 rings (SSSR count). The van der Waals surface area contributed by atoms with Crippen molar-refractivity contribution in [3.63, 3.8) is 0 Å². The highest BCUT2D eigenvalue weighted by atomic mass is 32.2. The minimum Gasteiger partial charge on any atom is -0.343 e. The zero-order chi connectivity index (χ0) is 17.8. The fourth-order valence-electron chi connectivity index (χ4n) is 2.92. The molecule has 1 aliphatic heterocycles. The van der Waals surface area contributed by atoms with Gasteiger partial charge in [-0.15, -0.1) is 0 Å². The second kappa shape index (κ2) is 7.49. The Labute approximate surface area is 148 Å². The lowest BCUT2D eigenvalue weighted by Crippen LogP contribution is -2.42. The molecule has 1 aliphatic rings. The SMILES string of the molecule is N#C[C@@H]1CCCN1C(=O)CNC(=O)c1ccnc2ccc(SF)cc12. The summed E-state index contributed by atoms with van der Waals surface area (Å²) in [5.74, 6) is -0.717. The maximum Gasteiger partial charge on any atom is 0.252 e. The van der Waals surface area contributed by atoms with Crippen LogP contribution >= 0.6 is 12.1 Å². The van der Waals surface area contributed by atoms with Crippen molar-refractivity contribution in [1.82, 2.24) is 15.2 Å². The molecule has 1 atom stereocenters. The van der Waals surface area contributed by atoms with E-state index in [0.29, 0.717) is 34.3 Å². The molecule has 128 valence electrons. The standard InChI is InChI=1S/C17H15FN4O2S/c18-25-12-3-4-15-14(8-12)13(5-6-20-15)17(24)21-10-16(23)22-7-1-2-11(22)9-19/h3-6,8,11H,1-2,7,10H2,(H,21,24)/t11-/m0/s1. The number of amides is 2. The number of nitrogens with zero attached hydrogens (tertiary/aromatic N) is 3. The van der Waals surface area contributed by atoms with Gasteiger partial charge < -0.3 is 10.2 Å². The van der Waals surface area contributed by atoms with Crippen LogP contribution in [0.25, 0.3) is 10.9 Å². The summed E-state index contributed by atoms with van der Waals surface area (Å²) in [6, 6.07) is 7.98. The van der Waals surface area contributed by atoms with Crippen molar-refractivity contribution >= 4 is 34.9 Å². The molecule has 2 heterocycles. The monoisotopic (exact) mass is 358 g/mol. The Kier molecular flexibility index (Phi) is 5.14. The molecule has 25 heavy (non-hydrogen) atoms. The highest BCUT2D eigenvalue weighted by Gasteiger charge is 2.28. The first kappa shape index (κ1) is 17.2. The second-order valence-corrected chi connectivity index (χ2v) is 6.30. The van der Waals surface area contributed by atoms with Crippen molar-refractivity contribution < 1.29 is 13.5 Å². The summed E-state index contributed by atoms with van der Waals surface area (Å²) in [7, 11) is 0. The zero-order valence-electron chi connectivity index (χ0n) is 13.2. The molecule has 0 aliphatic carbocycles. The van der Waals surface area contributed by atoms with Gasteiger partial charge in [0.05, 0.1) is 35.8 Å². The number of aromatic nitrogens is 1. The minimum atomic E-state index is -0.436. The molecule has 1 saturated heterocycles. The van der Waals surface area contributed by atoms with Gasteiger partial charge in [0, 0.05) is 23.0 Å². The number of hydrogen-bond donors (Lipinski definition) is 1. The maximum absolute atomic E-state index is 12.8. The van der Waals surface area contributed by atoms with Crippen LogP contribution in [0.15, 0.2) is 35.4 Å². The Bertz CT molecular complexity index is 867. The molecule has 8 heteroatoms. The molecule has 0 spiro atoms. The van der Waals surface area contributed by atoms with Gasteiger partial charge in [0.2, 0.25) is 5.91 Å². The van der Waals surface area contributed by atoms with Crippen LogP contribution < -0.4 is 5.32 Å². The lowest BCUT2D eigenvalue weighted by molar-refractivity contribution is -0.130. The molecule has 0 unspecified atom stereocenters. The van der Waals surface area contributed by atoms with Gasteiger partial charge in [0.15, 0.2) is 0 Å². The van der Waals surface area contributed by atoms with E-state index < -0.39 is 11.9 Å². The molecular weight excluding hydrogens is 343 g/mol. The number of fused-ring (bicyclic) bond motifs is 1. The number of nitriles is 1. The number of hydrogen-bond acceptors (Lipinski definition) is 5. The van der Waals surface area contributed by atoms with Crippen LogP contribution in [-0.4, -0.2) is 40.8 Å². The van der Waals surface area contributed by atoms with Crippen LogP contribution in [0.2, 0.25) is 0 Å². The van der Waals surface area contributed by atoms with E-state index in [0.717, 1.165) is 6.42 Å². The number of likely N-dealkylation sites (tertiary alicyclic amines) is 1. The van der Waals surface area contributed by atoms with Gasteiger partial charge in [-0.1, -0.05) is 0 Å². The molecule has 1 fully saturated rings. The fourth-order valence-corrected chi connectivity index (χ4v) is 3.21. The van der Waals surface area contributed by atoms with Gasteiger partial charge in [-0.2, -0.15) is 9.15 Å². The summed E-state index contributed by atoms with van der Waals surface area (Å²) in [6.45, 7) is 0.348. The van der Waals surface area contributed by atoms with Crippen LogP contribution in [-0.2, 0) is 4.79 Å². The third-order valence-corrected chi connectivity index (χ3v) is 4.60. The molecular formula is C17H15FN4O2S. The summed E-state index contributed by atoms with van der Waals surface area (Å²) in [4.78, 5) is 30.7. The summed E-state index contributed by atoms with van der Waals surface area (Å²) in [5, 5.41) is 12.1. The molecule has 0 bridgehead atoms. The highest BCUT2D eigenvalue weighted by Crippen LogP contribution is 2.25. The van der Waals surface area contributed by atoms with Crippen molar-refractivity contribution in [2.45, 2.75) is 23.8 Å². The number of carbonyl (C=O) groups excluding carboxylic acids is 2. The van der Waals surface area contributed by atoms with E-state index in [9.17, 15) is 13.5 Å². The first-order valence-corrected chi connectivity index (χ1v) is 8.50. The van der Waals surface area contributed by atoms with E-state index in [1.807, 2.05) is 0 Å². The molecule has 2 aromatic rings. The molecule has 6 nitrogen and oxygen atoms in total. The normalized spacial score (nSPS) is 16.6. The summed E-state index contributed by atoms with van der Waals surface area (Å²) in [5.41, 5.74) is 0.896. The number of nitrogens with one attached hydrogen (secondary N) is 1. The van der Waals surface area contributed by atoms with Crippen molar-refractivity contribution in [2.75, 3.05) is 13.1 Å². The lowest BCUT2D eigenvalue weighted by Gasteiger charge is -2.19. The summed E-state index contributed by atoms with van der Waals surface area (Å²) >= 11 is 0.0909. The smallest absolute Gasteiger partial charge is 0.252 e. The zero-order valence-corrected chi connectivity index (χ0v) is 14.1. The van der Waals surface area contributed by atoms with E-state index >= 15 is 0 Å². The summed E-state index contributed by atoms with van der Waals surface area (Å²) in [6.07, 6.45) is 2.94. The fraction of sp³-hybridized carbons (Fsp3) is 0.294. The number of carbonyl (C=O) groups is 2. The Morgan fingerprint density at radius 1 is 1.44 bits per heavy atom. The van der Waals surface area contributed by atoms with Crippen molar-refractivity contribution in [3.05, 3.63) is 36.0 Å². The maximum atomic E-state index is 12.8. The van der Waals surface area contributed by atoms with Gasteiger partial charge in [-0.3, -0.25) is 14.6 Å². The Balaban J connectivity index is 1.74. The largest absolute Gasteiger partial charge is 0.343 e.